The molecular formula is C18H21N3O3. The van der Waals surface area contributed by atoms with Gasteiger partial charge >= 0.3 is 0 Å². The van der Waals surface area contributed by atoms with Crippen LogP contribution in [0.25, 0.3) is 0 Å². The molecule has 1 aromatic heterocycles. The van der Waals surface area contributed by atoms with Crippen LogP contribution in [0.5, 0.6) is 0 Å². The summed E-state index contributed by atoms with van der Waals surface area (Å²) in [6, 6.07) is 7.42. The zero-order valence-corrected chi connectivity index (χ0v) is 14.3. The summed E-state index contributed by atoms with van der Waals surface area (Å²) < 4.78 is 5.07. The number of anilines is 1. The van der Waals surface area contributed by atoms with Gasteiger partial charge in [0.25, 0.3) is 5.91 Å². The van der Waals surface area contributed by atoms with Crippen molar-refractivity contribution in [3.8, 4) is 0 Å². The van der Waals surface area contributed by atoms with E-state index in [4.69, 9.17) is 4.42 Å². The number of rotatable bonds is 5. The van der Waals surface area contributed by atoms with Crippen molar-refractivity contribution in [3.63, 3.8) is 0 Å². The average Bonchev–Trinajstić information content (AvgIpc) is 2.89. The van der Waals surface area contributed by atoms with Gasteiger partial charge in [0, 0.05) is 11.4 Å². The van der Waals surface area contributed by atoms with Crippen molar-refractivity contribution in [3.05, 3.63) is 53.0 Å². The van der Waals surface area contributed by atoms with E-state index < -0.39 is 0 Å². The smallest absolute Gasteiger partial charge is 0.274 e. The zero-order chi connectivity index (χ0) is 17.7. The van der Waals surface area contributed by atoms with Crippen LogP contribution in [0, 0.1) is 20.8 Å². The van der Waals surface area contributed by atoms with Crippen molar-refractivity contribution >= 4 is 23.2 Å². The number of hydrogen-bond acceptors (Lipinski definition) is 4. The maximum atomic E-state index is 12.1. The van der Waals surface area contributed by atoms with E-state index in [0.717, 1.165) is 16.8 Å². The average molecular weight is 327 g/mol. The van der Waals surface area contributed by atoms with E-state index in [-0.39, 0.29) is 18.2 Å². The van der Waals surface area contributed by atoms with Gasteiger partial charge in [-0.1, -0.05) is 6.07 Å². The Labute approximate surface area is 140 Å². The van der Waals surface area contributed by atoms with Gasteiger partial charge in [-0.3, -0.25) is 9.59 Å². The van der Waals surface area contributed by atoms with Crippen molar-refractivity contribution in [1.29, 1.82) is 0 Å². The normalized spacial score (nSPS) is 11.2. The van der Waals surface area contributed by atoms with Crippen LogP contribution in [0.3, 0.4) is 0 Å². The minimum Gasteiger partial charge on any atom is -0.469 e. The molecule has 1 aromatic carbocycles. The first-order valence-electron chi connectivity index (χ1n) is 7.61. The molecule has 6 heteroatoms. The number of amides is 2. The van der Waals surface area contributed by atoms with Crippen LogP contribution >= 0.6 is 0 Å². The standard InChI is InChI=1S/C18H21N3O3/c1-11-7-12(2)9-15(8-11)19-17(22)10-13(3)20-21-18(23)16-5-6-24-14(16)4/h5-9H,10H2,1-4H3,(H,19,22)(H,21,23)/b20-13-. The van der Waals surface area contributed by atoms with E-state index in [2.05, 4.69) is 15.8 Å². The number of furan rings is 1. The Morgan fingerprint density at radius 2 is 1.79 bits per heavy atom. The van der Waals surface area contributed by atoms with E-state index in [1.165, 1.54) is 6.26 Å². The molecule has 2 aromatic rings. The number of carbonyl (C=O) groups is 2. The number of hydrazone groups is 1. The van der Waals surface area contributed by atoms with Gasteiger partial charge in [-0.25, -0.2) is 5.43 Å². The van der Waals surface area contributed by atoms with Crippen LogP contribution in [0.4, 0.5) is 5.69 Å². The second-order valence-electron chi connectivity index (χ2n) is 5.78. The van der Waals surface area contributed by atoms with Gasteiger partial charge in [0.05, 0.1) is 18.2 Å². The number of carbonyl (C=O) groups excluding carboxylic acids is 2. The molecule has 0 atom stereocenters. The maximum Gasteiger partial charge on any atom is 0.274 e. The SMILES string of the molecule is C/C(CC(=O)Nc1cc(C)cc(C)c1)=N/NC(=O)c1ccoc1C. The summed E-state index contributed by atoms with van der Waals surface area (Å²) >= 11 is 0. The molecule has 0 unspecified atom stereocenters. The van der Waals surface area contributed by atoms with E-state index in [9.17, 15) is 9.59 Å². The van der Waals surface area contributed by atoms with Gasteiger partial charge in [-0.2, -0.15) is 5.10 Å². The molecule has 1 heterocycles. The van der Waals surface area contributed by atoms with Gasteiger partial charge in [-0.15, -0.1) is 0 Å². The van der Waals surface area contributed by atoms with E-state index >= 15 is 0 Å². The largest absolute Gasteiger partial charge is 0.469 e. The van der Waals surface area contributed by atoms with Gasteiger partial charge in [-0.05, 0) is 57.0 Å². The highest BCUT2D eigenvalue weighted by Crippen LogP contribution is 2.14. The Kier molecular flexibility index (Phi) is 5.52. The lowest BCUT2D eigenvalue weighted by atomic mass is 10.1. The summed E-state index contributed by atoms with van der Waals surface area (Å²) in [5, 5.41) is 6.78. The van der Waals surface area contributed by atoms with Gasteiger partial charge < -0.3 is 9.73 Å². The van der Waals surface area contributed by atoms with Gasteiger partial charge in [0.15, 0.2) is 0 Å². The second-order valence-corrected chi connectivity index (χ2v) is 5.78. The number of hydrogen-bond donors (Lipinski definition) is 2. The molecule has 0 spiro atoms. The minimum atomic E-state index is -0.365. The fraction of sp³-hybridized carbons (Fsp3) is 0.278. The Morgan fingerprint density at radius 1 is 1.12 bits per heavy atom. The molecule has 0 aliphatic carbocycles. The Morgan fingerprint density at radius 3 is 2.38 bits per heavy atom. The van der Waals surface area contributed by atoms with Crippen molar-refractivity contribution < 1.29 is 14.0 Å². The highest BCUT2D eigenvalue weighted by atomic mass is 16.3. The zero-order valence-electron chi connectivity index (χ0n) is 14.3. The molecule has 0 aliphatic rings. The number of aryl methyl sites for hydroxylation is 3. The minimum absolute atomic E-state index is 0.0949. The van der Waals surface area contributed by atoms with Crippen molar-refractivity contribution in [1.82, 2.24) is 5.43 Å². The van der Waals surface area contributed by atoms with Crippen LogP contribution in [0.2, 0.25) is 0 Å². The lowest BCUT2D eigenvalue weighted by Crippen LogP contribution is -2.21. The monoisotopic (exact) mass is 327 g/mol. The lowest BCUT2D eigenvalue weighted by molar-refractivity contribution is -0.115. The van der Waals surface area contributed by atoms with Crippen LogP contribution in [0.1, 0.15) is 40.6 Å². The molecule has 2 rings (SSSR count). The Bertz CT molecular complexity index is 770. The molecular weight excluding hydrogens is 306 g/mol. The van der Waals surface area contributed by atoms with Crippen molar-refractivity contribution in [2.24, 2.45) is 5.10 Å². The molecule has 0 aliphatic heterocycles. The second kappa shape index (κ2) is 7.59. The molecule has 0 radical (unpaired) electrons. The van der Waals surface area contributed by atoms with Crippen LogP contribution in [-0.4, -0.2) is 17.5 Å². The quantitative estimate of drug-likeness (QED) is 0.652. The van der Waals surface area contributed by atoms with Crippen molar-refractivity contribution in [2.45, 2.75) is 34.1 Å². The summed E-state index contributed by atoms with van der Waals surface area (Å²) in [6.07, 6.45) is 1.54. The van der Waals surface area contributed by atoms with Crippen LogP contribution < -0.4 is 10.7 Å². The summed E-state index contributed by atoms with van der Waals surface area (Å²) in [4.78, 5) is 24.0. The summed E-state index contributed by atoms with van der Waals surface area (Å²) in [5.74, 6) is -0.0294. The first-order valence-corrected chi connectivity index (χ1v) is 7.61. The molecule has 2 amide bonds. The Hall–Kier alpha value is -2.89. The van der Waals surface area contributed by atoms with E-state index in [0.29, 0.717) is 17.0 Å². The molecule has 0 fully saturated rings. The van der Waals surface area contributed by atoms with E-state index in [1.807, 2.05) is 32.0 Å². The lowest BCUT2D eigenvalue weighted by Gasteiger charge is -2.07. The maximum absolute atomic E-state index is 12.1. The first-order chi connectivity index (χ1) is 11.3. The van der Waals surface area contributed by atoms with Gasteiger partial charge in [0.2, 0.25) is 5.91 Å². The topological polar surface area (TPSA) is 83.7 Å². The first kappa shape index (κ1) is 17.5. The fourth-order valence-electron chi connectivity index (χ4n) is 2.35. The molecule has 24 heavy (non-hydrogen) atoms. The fourth-order valence-corrected chi connectivity index (χ4v) is 2.35. The third-order valence-electron chi connectivity index (χ3n) is 3.37. The summed E-state index contributed by atoms with van der Waals surface area (Å²) in [5.41, 5.74) is 6.27. The molecule has 0 bridgehead atoms. The van der Waals surface area contributed by atoms with Crippen molar-refractivity contribution in [2.75, 3.05) is 5.32 Å². The summed E-state index contributed by atoms with van der Waals surface area (Å²) in [7, 11) is 0. The third kappa shape index (κ3) is 4.81. The number of nitrogens with zero attached hydrogens (tertiary/aromatic N) is 1. The highest BCUT2D eigenvalue weighted by molar-refractivity contribution is 6.06. The van der Waals surface area contributed by atoms with Crippen LogP contribution in [0.15, 0.2) is 40.0 Å². The van der Waals surface area contributed by atoms with E-state index in [1.54, 1.807) is 19.9 Å². The van der Waals surface area contributed by atoms with Gasteiger partial charge in [0.1, 0.15) is 5.76 Å². The molecule has 0 saturated heterocycles. The third-order valence-corrected chi connectivity index (χ3v) is 3.37. The number of benzene rings is 1. The molecule has 2 N–H and O–H groups in total. The molecule has 6 nitrogen and oxygen atoms in total. The number of nitrogens with one attached hydrogen (secondary N) is 2. The molecule has 126 valence electrons. The summed E-state index contributed by atoms with van der Waals surface area (Å²) in [6.45, 7) is 7.33. The predicted octanol–water partition coefficient (Wildman–Crippen LogP) is 3.34. The highest BCUT2D eigenvalue weighted by Gasteiger charge is 2.11. The van der Waals surface area contributed by atoms with Crippen LogP contribution in [-0.2, 0) is 4.79 Å². The Balaban J connectivity index is 1.91. The predicted molar refractivity (Wildman–Crippen MR) is 93.2 cm³/mol. The molecule has 0 saturated carbocycles.